The molecule has 1 aliphatic rings. The van der Waals surface area contributed by atoms with Gasteiger partial charge in [-0.2, -0.15) is 0 Å². The van der Waals surface area contributed by atoms with E-state index in [4.69, 9.17) is 5.73 Å². The average Bonchev–Trinajstić information content (AvgIpc) is 2.69. The topological polar surface area (TPSA) is 52.3 Å². The Kier molecular flexibility index (Phi) is 6.19. The van der Waals surface area contributed by atoms with E-state index in [0.29, 0.717) is 31.7 Å². The molecule has 98 valence electrons. The molecule has 0 radical (unpaired) electrons. The van der Waals surface area contributed by atoms with Crippen LogP contribution in [0.25, 0.3) is 0 Å². The predicted molar refractivity (Wildman–Crippen MR) is 65.2 cm³/mol. The van der Waals surface area contributed by atoms with E-state index in [1.807, 2.05) is 12.2 Å². The van der Waals surface area contributed by atoms with Gasteiger partial charge in [-0.3, -0.25) is 4.79 Å². The van der Waals surface area contributed by atoms with E-state index in [1.165, 1.54) is 7.11 Å². The molecule has 1 aliphatic carbocycles. The quantitative estimate of drug-likeness (QED) is 0.575. The predicted octanol–water partition coefficient (Wildman–Crippen LogP) is 2.21. The summed E-state index contributed by atoms with van der Waals surface area (Å²) in [5.41, 5.74) is 5.62. The SMILES string of the molecule is COC(=O)CC/C=C\C[C@@H]1[C@@H](CN)CC[C@H]1F. The highest BCUT2D eigenvalue weighted by Crippen LogP contribution is 2.36. The second-order valence-electron chi connectivity index (χ2n) is 4.57. The Hall–Kier alpha value is -0.900. The summed E-state index contributed by atoms with van der Waals surface area (Å²) < 4.78 is 18.1. The van der Waals surface area contributed by atoms with Crippen molar-refractivity contribution in [2.45, 2.75) is 38.3 Å². The maximum absolute atomic E-state index is 13.6. The van der Waals surface area contributed by atoms with Crippen LogP contribution in [0.5, 0.6) is 0 Å². The molecular weight excluding hydrogens is 221 g/mol. The van der Waals surface area contributed by atoms with Crippen LogP contribution in [0.4, 0.5) is 4.39 Å². The summed E-state index contributed by atoms with van der Waals surface area (Å²) in [6.45, 7) is 0.571. The molecule has 0 aliphatic heterocycles. The summed E-state index contributed by atoms with van der Waals surface area (Å²) in [6.07, 6.45) is 6.49. The molecule has 0 heterocycles. The van der Waals surface area contributed by atoms with Crippen LogP contribution in [-0.4, -0.2) is 25.8 Å². The van der Waals surface area contributed by atoms with Gasteiger partial charge in [0.15, 0.2) is 0 Å². The molecule has 0 spiro atoms. The summed E-state index contributed by atoms with van der Waals surface area (Å²) in [5.74, 6) is 0.170. The number of alkyl halides is 1. The first kappa shape index (κ1) is 14.2. The van der Waals surface area contributed by atoms with Crippen molar-refractivity contribution in [1.82, 2.24) is 0 Å². The molecule has 17 heavy (non-hydrogen) atoms. The summed E-state index contributed by atoms with van der Waals surface area (Å²) >= 11 is 0. The minimum Gasteiger partial charge on any atom is -0.469 e. The van der Waals surface area contributed by atoms with Crippen molar-refractivity contribution in [3.8, 4) is 0 Å². The van der Waals surface area contributed by atoms with Gasteiger partial charge in [-0.15, -0.1) is 0 Å². The maximum Gasteiger partial charge on any atom is 0.305 e. The van der Waals surface area contributed by atoms with Crippen molar-refractivity contribution in [3.63, 3.8) is 0 Å². The third-order valence-corrected chi connectivity index (χ3v) is 3.50. The number of allylic oxidation sites excluding steroid dienone is 2. The summed E-state index contributed by atoms with van der Waals surface area (Å²) in [6, 6.07) is 0. The molecule has 1 rings (SSSR count). The molecule has 1 fully saturated rings. The lowest BCUT2D eigenvalue weighted by Crippen LogP contribution is -2.22. The van der Waals surface area contributed by atoms with Crippen LogP contribution in [-0.2, 0) is 9.53 Å². The van der Waals surface area contributed by atoms with Crippen LogP contribution in [0, 0.1) is 11.8 Å². The zero-order valence-corrected chi connectivity index (χ0v) is 10.4. The van der Waals surface area contributed by atoms with Crippen molar-refractivity contribution in [2.75, 3.05) is 13.7 Å². The Morgan fingerprint density at radius 2 is 2.24 bits per heavy atom. The largest absolute Gasteiger partial charge is 0.469 e. The van der Waals surface area contributed by atoms with Crippen LogP contribution in [0.2, 0.25) is 0 Å². The number of nitrogens with two attached hydrogens (primary N) is 1. The van der Waals surface area contributed by atoms with Gasteiger partial charge in [0.1, 0.15) is 6.17 Å². The molecule has 4 heteroatoms. The summed E-state index contributed by atoms with van der Waals surface area (Å²) in [5, 5.41) is 0. The van der Waals surface area contributed by atoms with Crippen LogP contribution >= 0.6 is 0 Å². The van der Waals surface area contributed by atoms with Gasteiger partial charge in [0, 0.05) is 6.42 Å². The molecule has 2 N–H and O–H groups in total. The first-order valence-corrected chi connectivity index (χ1v) is 6.25. The Morgan fingerprint density at radius 1 is 1.47 bits per heavy atom. The minimum absolute atomic E-state index is 0.0642. The highest BCUT2D eigenvalue weighted by atomic mass is 19.1. The molecule has 0 aromatic rings. The van der Waals surface area contributed by atoms with E-state index in [2.05, 4.69) is 4.74 Å². The van der Waals surface area contributed by atoms with Crippen molar-refractivity contribution in [2.24, 2.45) is 17.6 Å². The van der Waals surface area contributed by atoms with Gasteiger partial charge in [-0.25, -0.2) is 4.39 Å². The number of hydrogen-bond acceptors (Lipinski definition) is 3. The normalized spacial score (nSPS) is 28.8. The number of carbonyl (C=O) groups excluding carboxylic acids is 1. The number of rotatable bonds is 6. The van der Waals surface area contributed by atoms with Crippen LogP contribution in [0.15, 0.2) is 12.2 Å². The Morgan fingerprint density at radius 3 is 2.88 bits per heavy atom. The maximum atomic E-state index is 13.6. The van der Waals surface area contributed by atoms with Gasteiger partial charge < -0.3 is 10.5 Å². The third kappa shape index (κ3) is 4.46. The average molecular weight is 243 g/mol. The summed E-state index contributed by atoms with van der Waals surface area (Å²) in [4.78, 5) is 10.8. The monoisotopic (exact) mass is 243 g/mol. The van der Waals surface area contributed by atoms with Gasteiger partial charge in [-0.05, 0) is 44.1 Å². The van der Waals surface area contributed by atoms with Crippen molar-refractivity contribution in [1.29, 1.82) is 0 Å². The molecule has 1 saturated carbocycles. The van der Waals surface area contributed by atoms with Gasteiger partial charge in [-0.1, -0.05) is 12.2 Å². The molecule has 0 aromatic carbocycles. The van der Waals surface area contributed by atoms with Crippen molar-refractivity contribution >= 4 is 5.97 Å². The molecule has 0 unspecified atom stereocenters. The van der Waals surface area contributed by atoms with Gasteiger partial charge in [0.05, 0.1) is 7.11 Å². The number of esters is 1. The lowest BCUT2D eigenvalue weighted by atomic mass is 9.92. The van der Waals surface area contributed by atoms with E-state index < -0.39 is 6.17 Å². The fraction of sp³-hybridized carbons (Fsp3) is 0.769. The fourth-order valence-electron chi connectivity index (χ4n) is 2.40. The Balaban J connectivity index is 2.24. The highest BCUT2D eigenvalue weighted by molar-refractivity contribution is 5.69. The second kappa shape index (κ2) is 7.43. The van der Waals surface area contributed by atoms with E-state index >= 15 is 0 Å². The van der Waals surface area contributed by atoms with Crippen LogP contribution in [0.1, 0.15) is 32.1 Å². The smallest absolute Gasteiger partial charge is 0.305 e. The molecule has 0 aromatic heterocycles. The molecule has 0 amide bonds. The fourth-order valence-corrected chi connectivity index (χ4v) is 2.40. The lowest BCUT2D eigenvalue weighted by molar-refractivity contribution is -0.140. The lowest BCUT2D eigenvalue weighted by Gasteiger charge is -2.17. The minimum atomic E-state index is -0.714. The number of methoxy groups -OCH3 is 1. The molecule has 3 atom stereocenters. The number of halogens is 1. The zero-order valence-electron chi connectivity index (χ0n) is 10.4. The number of carbonyl (C=O) groups is 1. The molecule has 3 nitrogen and oxygen atoms in total. The third-order valence-electron chi connectivity index (χ3n) is 3.50. The molecule has 0 saturated heterocycles. The van der Waals surface area contributed by atoms with E-state index in [1.54, 1.807) is 0 Å². The van der Waals surface area contributed by atoms with Gasteiger partial charge in [0.2, 0.25) is 0 Å². The van der Waals surface area contributed by atoms with E-state index in [-0.39, 0.29) is 11.9 Å². The number of hydrogen-bond donors (Lipinski definition) is 1. The van der Waals surface area contributed by atoms with Gasteiger partial charge in [0.25, 0.3) is 0 Å². The van der Waals surface area contributed by atoms with Crippen molar-refractivity contribution in [3.05, 3.63) is 12.2 Å². The Bertz CT molecular complexity index is 268. The van der Waals surface area contributed by atoms with Crippen LogP contribution in [0.3, 0.4) is 0 Å². The first-order chi connectivity index (χ1) is 8.19. The zero-order chi connectivity index (χ0) is 12.7. The second-order valence-corrected chi connectivity index (χ2v) is 4.57. The van der Waals surface area contributed by atoms with E-state index in [9.17, 15) is 9.18 Å². The van der Waals surface area contributed by atoms with Gasteiger partial charge >= 0.3 is 5.97 Å². The highest BCUT2D eigenvalue weighted by Gasteiger charge is 2.34. The molecular formula is C13H22FNO2. The summed E-state index contributed by atoms with van der Waals surface area (Å²) in [7, 11) is 1.38. The first-order valence-electron chi connectivity index (χ1n) is 6.25. The van der Waals surface area contributed by atoms with Crippen molar-refractivity contribution < 1.29 is 13.9 Å². The Labute approximate surface area is 102 Å². The van der Waals surface area contributed by atoms with E-state index in [0.717, 1.165) is 12.8 Å². The number of ether oxygens (including phenoxy) is 1. The molecule has 0 bridgehead atoms. The standard InChI is InChI=1S/C13H22FNO2/c1-17-13(16)6-4-2-3-5-11-10(9-15)7-8-12(11)14/h2-3,10-12H,4-9,15H2,1H3/b3-2-/t10-,11-,12-/m1/s1. The van der Waals surface area contributed by atoms with Crippen LogP contribution < -0.4 is 5.73 Å².